The summed E-state index contributed by atoms with van der Waals surface area (Å²) in [5.74, 6) is -2.04. The predicted molar refractivity (Wildman–Crippen MR) is 83.5 cm³/mol. The molecule has 0 spiro atoms. The summed E-state index contributed by atoms with van der Waals surface area (Å²) in [5, 5.41) is 19.2. The Balaban J connectivity index is 3.20. The van der Waals surface area contributed by atoms with Gasteiger partial charge in [-0.2, -0.15) is 0 Å². The number of carbonyl (C=O) groups excluding carboxylic acids is 2. The van der Waals surface area contributed by atoms with E-state index >= 15 is 0 Å². The van der Waals surface area contributed by atoms with Crippen LogP contribution in [0.4, 0.5) is 0 Å². The average molecular weight is 325 g/mol. The third-order valence-corrected chi connectivity index (χ3v) is 3.64. The van der Waals surface area contributed by atoms with Gasteiger partial charge < -0.3 is 14.9 Å². The zero-order valence-electron chi connectivity index (χ0n) is 13.9. The van der Waals surface area contributed by atoms with Gasteiger partial charge >= 0.3 is 11.9 Å². The van der Waals surface area contributed by atoms with Crippen molar-refractivity contribution in [2.45, 2.75) is 52.5 Å². The van der Waals surface area contributed by atoms with E-state index in [2.05, 4.69) is 9.73 Å². The molecule has 0 bridgehead atoms. The number of carboxylic acids is 1. The van der Waals surface area contributed by atoms with Crippen LogP contribution in [0.2, 0.25) is 0 Å². The summed E-state index contributed by atoms with van der Waals surface area (Å²) in [6, 6.07) is -1.08. The lowest BCUT2D eigenvalue weighted by atomic mass is 9.75. The SMILES string of the molecule is COC(=O)CCC(=NC(C)C(=O)O)C1=C(O)CC(C)(C)CC1=O. The molecule has 0 saturated carbocycles. The molecule has 128 valence electrons. The van der Waals surface area contributed by atoms with Gasteiger partial charge in [-0.15, -0.1) is 0 Å². The molecular formula is C16H23NO6. The normalized spacial score (nSPS) is 19.5. The summed E-state index contributed by atoms with van der Waals surface area (Å²) < 4.78 is 4.55. The van der Waals surface area contributed by atoms with Crippen LogP contribution in [0.5, 0.6) is 0 Å². The summed E-state index contributed by atoms with van der Waals surface area (Å²) in [6.45, 7) is 5.10. The zero-order valence-corrected chi connectivity index (χ0v) is 13.9. The van der Waals surface area contributed by atoms with Crippen LogP contribution in [0, 0.1) is 5.41 Å². The molecule has 7 heteroatoms. The van der Waals surface area contributed by atoms with Crippen molar-refractivity contribution in [3.8, 4) is 0 Å². The van der Waals surface area contributed by atoms with E-state index in [1.807, 2.05) is 13.8 Å². The third-order valence-electron chi connectivity index (χ3n) is 3.64. The minimum absolute atomic E-state index is 0.0376. The first-order valence-corrected chi connectivity index (χ1v) is 7.39. The molecular weight excluding hydrogens is 302 g/mol. The number of aliphatic hydroxyl groups excluding tert-OH is 1. The van der Waals surface area contributed by atoms with Gasteiger partial charge in [0.05, 0.1) is 24.8 Å². The first-order chi connectivity index (χ1) is 10.6. The Morgan fingerprint density at radius 1 is 1.30 bits per heavy atom. The van der Waals surface area contributed by atoms with Crippen LogP contribution in [0.25, 0.3) is 0 Å². The first kappa shape index (κ1) is 18.9. The Hall–Kier alpha value is -2.18. The minimum Gasteiger partial charge on any atom is -0.511 e. The molecule has 0 aliphatic heterocycles. The van der Waals surface area contributed by atoms with E-state index in [1.54, 1.807) is 0 Å². The van der Waals surface area contributed by atoms with E-state index in [0.717, 1.165) is 0 Å². The summed E-state index contributed by atoms with van der Waals surface area (Å²) in [6.07, 6.45) is 0.517. The molecule has 2 N–H and O–H groups in total. The summed E-state index contributed by atoms with van der Waals surface area (Å²) in [7, 11) is 1.24. The summed E-state index contributed by atoms with van der Waals surface area (Å²) in [5.41, 5.74) is -0.180. The fourth-order valence-corrected chi connectivity index (χ4v) is 2.48. The fourth-order valence-electron chi connectivity index (χ4n) is 2.48. The number of allylic oxidation sites excluding steroid dienone is 2. The Bertz CT molecular complexity index is 573. The van der Waals surface area contributed by atoms with E-state index in [1.165, 1.54) is 14.0 Å². The Kier molecular flexibility index (Phi) is 6.06. The molecule has 7 nitrogen and oxygen atoms in total. The van der Waals surface area contributed by atoms with Crippen molar-refractivity contribution in [1.82, 2.24) is 0 Å². The highest BCUT2D eigenvalue weighted by Gasteiger charge is 2.35. The van der Waals surface area contributed by atoms with Gasteiger partial charge in [0.25, 0.3) is 0 Å². The molecule has 1 rings (SSSR count). The van der Waals surface area contributed by atoms with E-state index in [0.29, 0.717) is 6.42 Å². The largest absolute Gasteiger partial charge is 0.511 e. The number of nitrogens with zero attached hydrogens (tertiary/aromatic N) is 1. The smallest absolute Gasteiger partial charge is 0.328 e. The number of ether oxygens (including phenoxy) is 1. The highest BCUT2D eigenvalue weighted by atomic mass is 16.5. The lowest BCUT2D eigenvalue weighted by molar-refractivity contribution is -0.140. The van der Waals surface area contributed by atoms with Gasteiger partial charge in [-0.3, -0.25) is 14.6 Å². The number of carboxylic acid groups (broad SMARTS) is 1. The van der Waals surface area contributed by atoms with E-state index in [9.17, 15) is 19.5 Å². The molecule has 1 unspecified atom stereocenters. The first-order valence-electron chi connectivity index (χ1n) is 7.39. The van der Waals surface area contributed by atoms with Crippen molar-refractivity contribution in [1.29, 1.82) is 0 Å². The van der Waals surface area contributed by atoms with Crippen molar-refractivity contribution in [2.24, 2.45) is 10.4 Å². The topological polar surface area (TPSA) is 113 Å². The molecule has 0 saturated heterocycles. The molecule has 0 radical (unpaired) electrons. The molecule has 1 aliphatic rings. The van der Waals surface area contributed by atoms with Gasteiger partial charge in [-0.1, -0.05) is 13.8 Å². The van der Waals surface area contributed by atoms with Gasteiger partial charge in [0.15, 0.2) is 5.78 Å². The summed E-state index contributed by atoms with van der Waals surface area (Å²) >= 11 is 0. The third kappa shape index (κ3) is 5.19. The fraction of sp³-hybridized carbons (Fsp3) is 0.625. The Labute approximate surface area is 135 Å². The van der Waals surface area contributed by atoms with Gasteiger partial charge in [0.2, 0.25) is 0 Å². The van der Waals surface area contributed by atoms with Gasteiger partial charge in [0, 0.05) is 19.3 Å². The maximum absolute atomic E-state index is 12.4. The Morgan fingerprint density at radius 2 is 1.91 bits per heavy atom. The second-order valence-electron chi connectivity index (χ2n) is 6.43. The second kappa shape index (κ2) is 7.39. The molecule has 1 aliphatic carbocycles. The molecule has 0 fully saturated rings. The number of aliphatic hydroxyl groups is 1. The van der Waals surface area contributed by atoms with Crippen molar-refractivity contribution in [2.75, 3.05) is 7.11 Å². The van der Waals surface area contributed by atoms with Crippen LogP contribution >= 0.6 is 0 Å². The highest BCUT2D eigenvalue weighted by Crippen LogP contribution is 2.36. The van der Waals surface area contributed by atoms with Crippen LogP contribution in [0.3, 0.4) is 0 Å². The van der Waals surface area contributed by atoms with E-state index in [-0.39, 0.29) is 47.5 Å². The maximum atomic E-state index is 12.4. The maximum Gasteiger partial charge on any atom is 0.328 e. The quantitative estimate of drug-likeness (QED) is 0.571. The molecule has 0 amide bonds. The minimum atomic E-state index is -1.15. The van der Waals surface area contributed by atoms with Crippen LogP contribution in [-0.2, 0) is 19.1 Å². The monoisotopic (exact) mass is 325 g/mol. The number of aliphatic carboxylic acids is 1. The number of methoxy groups -OCH3 is 1. The number of hydrogen-bond acceptors (Lipinski definition) is 6. The molecule has 0 aromatic carbocycles. The van der Waals surface area contributed by atoms with Crippen LogP contribution in [0.1, 0.15) is 46.5 Å². The number of aliphatic imine (C=N–C) groups is 1. The molecule has 0 aromatic rings. The zero-order chi connectivity index (χ0) is 17.8. The average Bonchev–Trinajstić information content (AvgIpc) is 2.41. The van der Waals surface area contributed by atoms with Crippen LogP contribution < -0.4 is 0 Å². The van der Waals surface area contributed by atoms with Crippen LogP contribution in [0.15, 0.2) is 16.3 Å². The summed E-state index contributed by atoms with van der Waals surface area (Å²) in [4.78, 5) is 38.7. The van der Waals surface area contributed by atoms with E-state index in [4.69, 9.17) is 5.11 Å². The molecule has 0 heterocycles. The molecule has 0 aromatic heterocycles. The van der Waals surface area contributed by atoms with Gasteiger partial charge in [-0.05, 0) is 12.3 Å². The lowest BCUT2D eigenvalue weighted by Crippen LogP contribution is -2.30. The number of Topliss-reactive ketones (excluding diaryl/α,β-unsaturated/α-hetero) is 1. The number of esters is 1. The lowest BCUT2D eigenvalue weighted by Gasteiger charge is -2.30. The van der Waals surface area contributed by atoms with Crippen LogP contribution in [-0.4, -0.2) is 46.8 Å². The van der Waals surface area contributed by atoms with Gasteiger partial charge in [-0.25, -0.2) is 4.79 Å². The number of rotatable bonds is 6. The number of carbonyl (C=O) groups is 3. The Morgan fingerprint density at radius 3 is 2.39 bits per heavy atom. The van der Waals surface area contributed by atoms with Crippen molar-refractivity contribution < 1.29 is 29.3 Å². The second-order valence-corrected chi connectivity index (χ2v) is 6.43. The van der Waals surface area contributed by atoms with E-state index < -0.39 is 18.0 Å². The number of hydrogen-bond donors (Lipinski definition) is 2. The predicted octanol–water partition coefficient (Wildman–Crippen LogP) is 2.05. The van der Waals surface area contributed by atoms with Crippen molar-refractivity contribution in [3.63, 3.8) is 0 Å². The highest BCUT2D eigenvalue weighted by molar-refractivity contribution is 6.23. The standard InChI is InChI=1S/C16H23NO6/c1-9(15(21)22)17-10(5-6-13(20)23-4)14-11(18)7-16(2,3)8-12(14)19/h9,18H,5-8H2,1-4H3,(H,21,22). The molecule has 23 heavy (non-hydrogen) atoms. The van der Waals surface area contributed by atoms with Crippen molar-refractivity contribution >= 4 is 23.4 Å². The number of ketones is 1. The van der Waals surface area contributed by atoms with Gasteiger partial charge in [0.1, 0.15) is 11.8 Å². The molecule has 1 atom stereocenters. The van der Waals surface area contributed by atoms with Crippen molar-refractivity contribution in [3.05, 3.63) is 11.3 Å².